The van der Waals surface area contributed by atoms with E-state index in [-0.39, 0.29) is 11.7 Å². The summed E-state index contributed by atoms with van der Waals surface area (Å²) in [5, 5.41) is 4.72. The zero-order valence-electron chi connectivity index (χ0n) is 20.1. The van der Waals surface area contributed by atoms with E-state index in [0.717, 1.165) is 59.0 Å². The first kappa shape index (κ1) is 23.0. The normalized spacial score (nSPS) is 15.5. The molecule has 0 amide bonds. The average molecular weight is 474 g/mol. The molecule has 0 radical (unpaired) electrons. The number of hydrogen-bond donors (Lipinski definition) is 0. The van der Waals surface area contributed by atoms with Gasteiger partial charge in [-0.3, -0.25) is 0 Å². The van der Waals surface area contributed by atoms with Crippen LogP contribution in [-0.4, -0.2) is 38.5 Å². The molecular formula is C27H28FN5O2. The zero-order chi connectivity index (χ0) is 24.4. The second-order valence-corrected chi connectivity index (χ2v) is 8.71. The lowest BCUT2D eigenvalue weighted by Crippen LogP contribution is -2.19. The first-order valence-electron chi connectivity index (χ1n) is 11.6. The Labute approximate surface area is 203 Å². The van der Waals surface area contributed by atoms with Gasteiger partial charge in [-0.05, 0) is 66.8 Å². The number of hydrogen-bond acceptors (Lipinski definition) is 5. The van der Waals surface area contributed by atoms with Crippen molar-refractivity contribution >= 4 is 12.2 Å². The molecule has 0 bridgehead atoms. The maximum absolute atomic E-state index is 13.9. The monoisotopic (exact) mass is 473 g/mol. The molecule has 2 aromatic heterocycles. The Balaban J connectivity index is 1.42. The van der Waals surface area contributed by atoms with Crippen molar-refractivity contribution in [1.29, 1.82) is 0 Å². The van der Waals surface area contributed by atoms with Crippen molar-refractivity contribution in [3.8, 4) is 11.4 Å². The predicted molar refractivity (Wildman–Crippen MR) is 132 cm³/mol. The zero-order valence-corrected chi connectivity index (χ0v) is 20.1. The summed E-state index contributed by atoms with van der Waals surface area (Å²) in [6, 6.07) is 10.9. The van der Waals surface area contributed by atoms with E-state index < -0.39 is 0 Å². The van der Waals surface area contributed by atoms with Crippen LogP contribution in [0, 0.1) is 12.7 Å². The quantitative estimate of drug-likeness (QED) is 0.371. The Morgan fingerprint density at radius 1 is 1.14 bits per heavy atom. The minimum atomic E-state index is -0.258. The minimum absolute atomic E-state index is 0.0576. The molecule has 0 unspecified atom stereocenters. The number of imidazole rings is 1. The number of halogens is 1. The summed E-state index contributed by atoms with van der Waals surface area (Å²) in [5.41, 5.74) is 4.75. The smallest absolute Gasteiger partial charge is 0.174 e. The van der Waals surface area contributed by atoms with Gasteiger partial charge in [0.15, 0.2) is 5.82 Å². The van der Waals surface area contributed by atoms with Crippen LogP contribution in [0.15, 0.2) is 48.9 Å². The molecular weight excluding hydrogens is 445 g/mol. The molecule has 7 nitrogen and oxygen atoms in total. The number of ether oxygens (including phenoxy) is 2. The molecule has 3 heterocycles. The van der Waals surface area contributed by atoms with Crippen molar-refractivity contribution in [3.05, 3.63) is 88.8 Å². The molecule has 180 valence electrons. The third kappa shape index (κ3) is 4.74. The summed E-state index contributed by atoms with van der Waals surface area (Å²) in [5.74, 6) is 2.11. The Morgan fingerprint density at radius 3 is 2.80 bits per heavy atom. The fraction of sp³-hybridized carbons (Fsp3) is 0.296. The van der Waals surface area contributed by atoms with Gasteiger partial charge in [0.05, 0.1) is 31.4 Å². The largest absolute Gasteiger partial charge is 0.495 e. The lowest BCUT2D eigenvalue weighted by molar-refractivity contribution is 0.183. The lowest BCUT2D eigenvalue weighted by Gasteiger charge is -2.24. The van der Waals surface area contributed by atoms with Gasteiger partial charge in [-0.15, -0.1) is 0 Å². The molecule has 1 aliphatic rings. The van der Waals surface area contributed by atoms with Crippen LogP contribution in [0.25, 0.3) is 17.8 Å². The van der Waals surface area contributed by atoms with Crippen LogP contribution in [0.5, 0.6) is 5.75 Å². The molecule has 35 heavy (non-hydrogen) atoms. The average Bonchev–Trinajstić information content (AvgIpc) is 3.49. The summed E-state index contributed by atoms with van der Waals surface area (Å²) in [7, 11) is 3.29. The Bertz CT molecular complexity index is 1370. The van der Waals surface area contributed by atoms with Crippen LogP contribution < -0.4 is 4.74 Å². The van der Waals surface area contributed by atoms with Crippen LogP contribution in [0.1, 0.15) is 52.8 Å². The molecule has 0 fully saturated rings. The van der Waals surface area contributed by atoms with E-state index in [1.807, 2.05) is 58.8 Å². The van der Waals surface area contributed by atoms with Gasteiger partial charge < -0.3 is 14.0 Å². The van der Waals surface area contributed by atoms with E-state index >= 15 is 0 Å². The van der Waals surface area contributed by atoms with Gasteiger partial charge in [0, 0.05) is 25.8 Å². The number of methoxy groups -OCH3 is 2. The standard InChI is InChI=1S/C27H28FN5O2/c1-18-15-32(17-29-18)24-10-6-19(13-25(24)35-3)7-11-26-30-27-23(5-4-12-33(27)31-26)22-9-8-21(28)14-20(22)16-34-2/h6-11,13-15,17,23H,4-5,12,16H2,1-3H3/t23-/m1/s1. The van der Waals surface area contributed by atoms with Gasteiger partial charge in [0.1, 0.15) is 17.4 Å². The Kier molecular flexibility index (Phi) is 6.46. The van der Waals surface area contributed by atoms with E-state index in [1.54, 1.807) is 26.6 Å². The number of fused-ring (bicyclic) bond motifs is 1. The third-order valence-corrected chi connectivity index (χ3v) is 6.29. The fourth-order valence-corrected chi connectivity index (χ4v) is 4.66. The molecule has 1 aliphatic heterocycles. The van der Waals surface area contributed by atoms with Gasteiger partial charge in [-0.1, -0.05) is 18.2 Å². The number of nitrogens with zero attached hydrogens (tertiary/aromatic N) is 5. The van der Waals surface area contributed by atoms with Crippen molar-refractivity contribution in [2.45, 2.75) is 38.8 Å². The summed E-state index contributed by atoms with van der Waals surface area (Å²) in [6.45, 7) is 3.14. The van der Waals surface area contributed by atoms with Gasteiger partial charge >= 0.3 is 0 Å². The second-order valence-electron chi connectivity index (χ2n) is 8.71. The highest BCUT2D eigenvalue weighted by Gasteiger charge is 2.27. The second kappa shape index (κ2) is 9.84. The van der Waals surface area contributed by atoms with Crippen molar-refractivity contribution in [1.82, 2.24) is 24.3 Å². The Hall–Kier alpha value is -3.78. The maximum atomic E-state index is 13.9. The van der Waals surface area contributed by atoms with Gasteiger partial charge in [0.25, 0.3) is 0 Å². The van der Waals surface area contributed by atoms with Gasteiger partial charge in [-0.25, -0.2) is 19.0 Å². The molecule has 0 spiro atoms. The van der Waals surface area contributed by atoms with E-state index in [0.29, 0.717) is 12.4 Å². The molecule has 1 atom stereocenters. The van der Waals surface area contributed by atoms with Crippen LogP contribution >= 0.6 is 0 Å². The van der Waals surface area contributed by atoms with Crippen LogP contribution in [0.3, 0.4) is 0 Å². The SMILES string of the molecule is COCc1cc(F)ccc1[C@H]1CCCn2nc(C=Cc3ccc(-n4cnc(C)c4)c(OC)c3)nc21. The highest BCUT2D eigenvalue weighted by Crippen LogP contribution is 2.35. The summed E-state index contributed by atoms with van der Waals surface area (Å²) in [4.78, 5) is 9.14. The first-order chi connectivity index (χ1) is 17.1. The van der Waals surface area contributed by atoms with Gasteiger partial charge in [-0.2, -0.15) is 5.10 Å². The van der Waals surface area contributed by atoms with E-state index in [9.17, 15) is 4.39 Å². The molecule has 0 saturated carbocycles. The van der Waals surface area contributed by atoms with Crippen molar-refractivity contribution in [3.63, 3.8) is 0 Å². The van der Waals surface area contributed by atoms with E-state index in [2.05, 4.69) is 4.98 Å². The number of aryl methyl sites for hydroxylation is 2. The third-order valence-electron chi connectivity index (χ3n) is 6.29. The Morgan fingerprint density at radius 2 is 2.03 bits per heavy atom. The molecule has 0 N–H and O–H groups in total. The highest BCUT2D eigenvalue weighted by atomic mass is 19.1. The van der Waals surface area contributed by atoms with Crippen LogP contribution in [0.4, 0.5) is 4.39 Å². The maximum Gasteiger partial charge on any atom is 0.174 e. The van der Waals surface area contributed by atoms with Crippen LogP contribution in [0.2, 0.25) is 0 Å². The molecule has 4 aromatic rings. The number of benzene rings is 2. The molecule has 0 aliphatic carbocycles. The summed E-state index contributed by atoms with van der Waals surface area (Å²) in [6.07, 6.45) is 9.56. The molecule has 2 aromatic carbocycles. The summed E-state index contributed by atoms with van der Waals surface area (Å²) < 4.78 is 28.7. The number of aromatic nitrogens is 5. The summed E-state index contributed by atoms with van der Waals surface area (Å²) >= 11 is 0. The predicted octanol–water partition coefficient (Wildman–Crippen LogP) is 5.16. The lowest BCUT2D eigenvalue weighted by atomic mass is 9.88. The fourth-order valence-electron chi connectivity index (χ4n) is 4.66. The van der Waals surface area contributed by atoms with Gasteiger partial charge in [0.2, 0.25) is 0 Å². The molecule has 5 rings (SSSR count). The van der Waals surface area contributed by atoms with Crippen molar-refractivity contribution in [2.75, 3.05) is 14.2 Å². The van der Waals surface area contributed by atoms with E-state index in [1.165, 1.54) is 6.07 Å². The highest BCUT2D eigenvalue weighted by molar-refractivity contribution is 5.69. The number of rotatable bonds is 7. The minimum Gasteiger partial charge on any atom is -0.495 e. The topological polar surface area (TPSA) is 67.0 Å². The first-order valence-corrected chi connectivity index (χ1v) is 11.6. The molecule has 0 saturated heterocycles. The van der Waals surface area contributed by atoms with E-state index in [4.69, 9.17) is 19.6 Å². The van der Waals surface area contributed by atoms with Crippen molar-refractivity contribution < 1.29 is 13.9 Å². The van der Waals surface area contributed by atoms with Crippen LogP contribution in [-0.2, 0) is 17.9 Å². The van der Waals surface area contributed by atoms with Crippen molar-refractivity contribution in [2.24, 2.45) is 0 Å². The molecule has 8 heteroatoms.